The van der Waals surface area contributed by atoms with Crippen LogP contribution in [-0.2, 0) is 14.8 Å². The summed E-state index contributed by atoms with van der Waals surface area (Å²) in [6, 6.07) is -0.509. The Morgan fingerprint density at radius 3 is 2.87 bits per heavy atom. The first-order valence-corrected chi connectivity index (χ1v) is 5.92. The van der Waals surface area contributed by atoms with Crippen molar-refractivity contribution in [3.05, 3.63) is 5.82 Å². The van der Waals surface area contributed by atoms with Crippen LogP contribution in [-0.4, -0.2) is 48.5 Å². The van der Waals surface area contributed by atoms with E-state index in [0.717, 1.165) is 0 Å². The van der Waals surface area contributed by atoms with Crippen molar-refractivity contribution in [3.63, 3.8) is 0 Å². The molecule has 8 nitrogen and oxygen atoms in total. The predicted octanol–water partition coefficient (Wildman–Crippen LogP) is -1.17. The van der Waals surface area contributed by atoms with E-state index in [4.69, 9.17) is 0 Å². The molecule has 0 aliphatic carbocycles. The largest absolute Gasteiger partial charge is 0.384 e. The van der Waals surface area contributed by atoms with Crippen molar-refractivity contribution in [2.75, 3.05) is 19.5 Å². The maximum atomic E-state index is 11.4. The molecule has 1 unspecified atom stereocenters. The summed E-state index contributed by atoms with van der Waals surface area (Å²) in [5, 5.41) is 12.9. The van der Waals surface area contributed by atoms with Gasteiger partial charge >= 0.3 is 0 Å². The Hall–Kier alpha value is -1.06. The number of hydrogen-bond acceptors (Lipinski definition) is 6. The van der Waals surface area contributed by atoms with E-state index in [1.807, 2.05) is 0 Å². The van der Waals surface area contributed by atoms with Gasteiger partial charge in [-0.2, -0.15) is 5.21 Å². The molecule has 9 heteroatoms. The Kier molecular flexibility index (Phi) is 4.12. The fraction of sp³-hybridized carbons (Fsp3) is 0.833. The van der Waals surface area contributed by atoms with Crippen molar-refractivity contribution in [2.45, 2.75) is 13.0 Å². The number of aromatic nitrogens is 4. The van der Waals surface area contributed by atoms with Crippen molar-refractivity contribution < 1.29 is 13.2 Å². The fourth-order valence-corrected chi connectivity index (χ4v) is 2.07. The van der Waals surface area contributed by atoms with Crippen molar-refractivity contribution in [2.24, 2.45) is 0 Å². The molecule has 1 atom stereocenters. The molecule has 2 N–H and O–H groups in total. The topological polar surface area (TPSA) is 110 Å². The molecule has 1 aromatic heterocycles. The Balaban J connectivity index is 2.54. The third kappa shape index (κ3) is 3.90. The molecule has 0 aromatic carbocycles. The summed E-state index contributed by atoms with van der Waals surface area (Å²) in [7, 11) is -1.92. The van der Waals surface area contributed by atoms with Gasteiger partial charge in [-0.1, -0.05) is 5.21 Å². The van der Waals surface area contributed by atoms with Gasteiger partial charge < -0.3 is 4.74 Å². The summed E-state index contributed by atoms with van der Waals surface area (Å²) in [6.45, 7) is 1.78. The highest BCUT2D eigenvalue weighted by atomic mass is 32.2. The molecule has 0 saturated carbocycles. The zero-order valence-electron chi connectivity index (χ0n) is 8.47. The molecule has 0 bridgehead atoms. The minimum Gasteiger partial charge on any atom is -0.384 e. The second-order valence-corrected chi connectivity index (χ2v) is 4.79. The highest BCUT2D eigenvalue weighted by Crippen LogP contribution is 2.05. The number of hydrogen-bond donors (Lipinski definition) is 2. The van der Waals surface area contributed by atoms with Crippen molar-refractivity contribution in [1.29, 1.82) is 0 Å². The minimum absolute atomic E-state index is 0.0916. The first kappa shape index (κ1) is 12.0. The number of H-pyrrole nitrogens is 1. The van der Waals surface area contributed by atoms with Gasteiger partial charge in [0, 0.05) is 7.11 Å². The third-order valence-corrected chi connectivity index (χ3v) is 3.08. The maximum Gasteiger partial charge on any atom is 0.214 e. The van der Waals surface area contributed by atoms with E-state index < -0.39 is 16.1 Å². The average molecular weight is 235 g/mol. The zero-order chi connectivity index (χ0) is 11.3. The minimum atomic E-state index is -3.37. The number of nitrogens with one attached hydrogen (secondary N) is 2. The number of aromatic amines is 1. The van der Waals surface area contributed by atoms with Gasteiger partial charge in [-0.3, -0.25) is 0 Å². The summed E-state index contributed by atoms with van der Waals surface area (Å²) in [5.41, 5.74) is 0. The lowest BCUT2D eigenvalue weighted by molar-refractivity contribution is 0.216. The van der Waals surface area contributed by atoms with E-state index in [9.17, 15) is 8.42 Å². The number of rotatable bonds is 6. The second-order valence-electron chi connectivity index (χ2n) is 2.92. The van der Waals surface area contributed by atoms with Crippen LogP contribution < -0.4 is 4.72 Å². The lowest BCUT2D eigenvalue weighted by Gasteiger charge is -2.09. The van der Waals surface area contributed by atoms with Gasteiger partial charge in [-0.15, -0.1) is 10.2 Å². The van der Waals surface area contributed by atoms with Gasteiger partial charge in [0.1, 0.15) is 0 Å². The summed E-state index contributed by atoms with van der Waals surface area (Å²) < 4.78 is 29.9. The highest BCUT2D eigenvalue weighted by molar-refractivity contribution is 7.89. The predicted molar refractivity (Wildman–Crippen MR) is 51.4 cm³/mol. The second kappa shape index (κ2) is 5.14. The fourth-order valence-electron chi connectivity index (χ4n) is 0.927. The van der Waals surface area contributed by atoms with Gasteiger partial charge in [0.05, 0.1) is 18.4 Å². The van der Waals surface area contributed by atoms with Crippen LogP contribution in [0.2, 0.25) is 0 Å². The van der Waals surface area contributed by atoms with E-state index in [-0.39, 0.29) is 12.4 Å². The van der Waals surface area contributed by atoms with Gasteiger partial charge in [0.25, 0.3) is 0 Å². The van der Waals surface area contributed by atoms with Crippen LogP contribution in [0.3, 0.4) is 0 Å². The van der Waals surface area contributed by atoms with Crippen LogP contribution in [0.5, 0.6) is 0 Å². The summed E-state index contributed by atoms with van der Waals surface area (Å²) >= 11 is 0. The molecule has 15 heavy (non-hydrogen) atoms. The molecular formula is C6H13N5O3S. The monoisotopic (exact) mass is 235 g/mol. The molecule has 0 saturated heterocycles. The molecule has 0 spiro atoms. The van der Waals surface area contributed by atoms with Crippen LogP contribution in [0.4, 0.5) is 0 Å². The molecule has 1 aromatic rings. The molecule has 0 radical (unpaired) electrons. The van der Waals surface area contributed by atoms with Gasteiger partial charge in [-0.25, -0.2) is 13.1 Å². The molecule has 1 rings (SSSR count). The standard InChI is InChI=1S/C6H13N5O3S/c1-5(6-7-10-11-8-6)9-15(12,13)4-3-14-2/h5,9H,3-4H2,1-2H3,(H,7,8,10,11). The van der Waals surface area contributed by atoms with Crippen molar-refractivity contribution in [3.8, 4) is 0 Å². The molecule has 86 valence electrons. The van der Waals surface area contributed by atoms with E-state index in [1.165, 1.54) is 7.11 Å². The van der Waals surface area contributed by atoms with E-state index in [0.29, 0.717) is 5.82 Å². The molecule has 0 aliphatic heterocycles. The van der Waals surface area contributed by atoms with Crippen LogP contribution in [0.1, 0.15) is 18.8 Å². The lowest BCUT2D eigenvalue weighted by atomic mass is 10.4. The summed E-state index contributed by atoms with van der Waals surface area (Å²) in [4.78, 5) is 0. The zero-order valence-corrected chi connectivity index (χ0v) is 9.28. The molecular weight excluding hydrogens is 222 g/mol. The molecule has 1 heterocycles. The maximum absolute atomic E-state index is 11.4. The van der Waals surface area contributed by atoms with E-state index in [1.54, 1.807) is 6.92 Å². The normalized spacial score (nSPS) is 14.0. The Morgan fingerprint density at radius 2 is 2.33 bits per heavy atom. The lowest BCUT2D eigenvalue weighted by Crippen LogP contribution is -2.31. The van der Waals surface area contributed by atoms with Crippen molar-refractivity contribution >= 4 is 10.0 Å². The Labute approximate surface area is 87.5 Å². The van der Waals surface area contributed by atoms with E-state index in [2.05, 4.69) is 30.1 Å². The summed E-state index contributed by atoms with van der Waals surface area (Å²) in [6.07, 6.45) is 0. The van der Waals surface area contributed by atoms with Gasteiger partial charge in [0.15, 0.2) is 5.82 Å². The van der Waals surface area contributed by atoms with Gasteiger partial charge in [0.2, 0.25) is 10.0 Å². The van der Waals surface area contributed by atoms with Crippen molar-refractivity contribution in [1.82, 2.24) is 25.3 Å². The van der Waals surface area contributed by atoms with Crippen LogP contribution in [0.25, 0.3) is 0 Å². The average Bonchev–Trinajstić information content (AvgIpc) is 2.67. The Morgan fingerprint density at radius 1 is 1.60 bits per heavy atom. The number of ether oxygens (including phenoxy) is 1. The number of nitrogens with zero attached hydrogens (tertiary/aromatic N) is 3. The van der Waals surface area contributed by atoms with Crippen LogP contribution in [0.15, 0.2) is 0 Å². The first-order chi connectivity index (χ1) is 7.05. The molecule has 0 fully saturated rings. The summed E-state index contributed by atoms with van der Waals surface area (Å²) in [5.74, 6) is 0.210. The van der Waals surface area contributed by atoms with Gasteiger partial charge in [-0.05, 0) is 6.92 Å². The SMILES string of the molecule is COCCS(=O)(=O)NC(C)c1nn[nH]n1. The van der Waals surface area contributed by atoms with Crippen LogP contribution >= 0.6 is 0 Å². The Bertz CT molecular complexity index is 375. The third-order valence-electron chi connectivity index (χ3n) is 1.66. The molecule has 0 aliphatic rings. The highest BCUT2D eigenvalue weighted by Gasteiger charge is 2.18. The number of methoxy groups -OCH3 is 1. The van der Waals surface area contributed by atoms with E-state index >= 15 is 0 Å². The number of sulfonamides is 1. The number of tetrazole rings is 1. The molecule has 0 amide bonds. The first-order valence-electron chi connectivity index (χ1n) is 4.27. The van der Waals surface area contributed by atoms with Crippen LogP contribution in [0, 0.1) is 0 Å². The quantitative estimate of drug-likeness (QED) is 0.642. The smallest absolute Gasteiger partial charge is 0.214 e.